The number of ether oxygens (including phenoxy) is 1. The Morgan fingerprint density at radius 2 is 1.61 bits per heavy atom. The Balaban J connectivity index is 1.83. The van der Waals surface area contributed by atoms with E-state index >= 15 is 0 Å². The van der Waals surface area contributed by atoms with Gasteiger partial charge in [0.1, 0.15) is 12.4 Å². The van der Waals surface area contributed by atoms with E-state index in [4.69, 9.17) is 10.5 Å². The fourth-order valence-corrected chi connectivity index (χ4v) is 3.88. The van der Waals surface area contributed by atoms with Crippen molar-refractivity contribution in [1.29, 1.82) is 0 Å². The molecule has 1 fully saturated rings. The van der Waals surface area contributed by atoms with Gasteiger partial charge in [0.05, 0.1) is 0 Å². The monoisotopic (exact) mass is 309 g/mol. The molecule has 0 amide bonds. The summed E-state index contributed by atoms with van der Waals surface area (Å²) in [5.74, 6) is 1.02. The number of rotatable bonds is 5. The minimum Gasteiger partial charge on any atom is -0.488 e. The lowest BCUT2D eigenvalue weighted by Gasteiger charge is -2.29. The average Bonchev–Trinajstić information content (AvgIpc) is 3.05. The van der Waals surface area contributed by atoms with Crippen molar-refractivity contribution in [2.45, 2.75) is 51.6 Å². The summed E-state index contributed by atoms with van der Waals surface area (Å²) in [5, 5.41) is 0. The van der Waals surface area contributed by atoms with Crippen LogP contribution in [0.1, 0.15) is 47.9 Å². The predicted octanol–water partition coefficient (Wildman–Crippen LogP) is 4.65. The first-order chi connectivity index (χ1) is 11.1. The third-order valence-electron chi connectivity index (χ3n) is 5.25. The minimum atomic E-state index is 0.188. The van der Waals surface area contributed by atoms with Gasteiger partial charge in [-0.2, -0.15) is 0 Å². The number of benzene rings is 2. The molecule has 0 saturated heterocycles. The van der Waals surface area contributed by atoms with Crippen LogP contribution < -0.4 is 10.5 Å². The molecule has 1 aliphatic rings. The maximum Gasteiger partial charge on any atom is 0.125 e. The summed E-state index contributed by atoms with van der Waals surface area (Å²) in [6, 6.07) is 14.9. The van der Waals surface area contributed by atoms with Crippen LogP contribution in [0.15, 0.2) is 42.5 Å². The highest BCUT2D eigenvalue weighted by Crippen LogP contribution is 2.42. The first kappa shape index (κ1) is 16.1. The number of nitrogens with two attached hydrogens (primary N) is 1. The quantitative estimate of drug-likeness (QED) is 0.872. The fraction of sp³-hybridized carbons (Fsp3) is 0.429. The predicted molar refractivity (Wildman–Crippen MR) is 95.9 cm³/mol. The second kappa shape index (κ2) is 6.76. The molecule has 2 aromatic carbocycles. The van der Waals surface area contributed by atoms with Crippen molar-refractivity contribution in [1.82, 2.24) is 0 Å². The highest BCUT2D eigenvalue weighted by atomic mass is 16.5. The molecule has 0 aliphatic heterocycles. The van der Waals surface area contributed by atoms with Gasteiger partial charge in [-0.1, -0.05) is 55.3 Å². The lowest BCUT2D eigenvalue weighted by atomic mass is 9.78. The van der Waals surface area contributed by atoms with Crippen molar-refractivity contribution >= 4 is 0 Å². The Morgan fingerprint density at radius 3 is 2.17 bits per heavy atom. The van der Waals surface area contributed by atoms with Crippen molar-refractivity contribution in [3.05, 3.63) is 64.7 Å². The normalized spacial score (nSPS) is 16.5. The van der Waals surface area contributed by atoms with Crippen LogP contribution in [0.2, 0.25) is 0 Å². The van der Waals surface area contributed by atoms with Gasteiger partial charge in [-0.05, 0) is 48.9 Å². The number of aryl methyl sites for hydroxylation is 2. The molecule has 2 N–H and O–H groups in total. The van der Waals surface area contributed by atoms with Gasteiger partial charge in [0.2, 0.25) is 0 Å². The van der Waals surface area contributed by atoms with Crippen LogP contribution in [-0.4, -0.2) is 6.54 Å². The first-order valence-corrected chi connectivity index (χ1v) is 8.63. The Morgan fingerprint density at radius 1 is 1.00 bits per heavy atom. The molecule has 2 nitrogen and oxygen atoms in total. The van der Waals surface area contributed by atoms with E-state index in [0.717, 1.165) is 12.3 Å². The minimum absolute atomic E-state index is 0.188. The van der Waals surface area contributed by atoms with Gasteiger partial charge in [0.15, 0.2) is 0 Å². The van der Waals surface area contributed by atoms with E-state index in [1.165, 1.54) is 47.9 Å². The van der Waals surface area contributed by atoms with E-state index in [1.807, 2.05) is 18.2 Å². The zero-order valence-corrected chi connectivity index (χ0v) is 14.3. The van der Waals surface area contributed by atoms with Crippen LogP contribution in [0.25, 0.3) is 0 Å². The van der Waals surface area contributed by atoms with Crippen LogP contribution in [0.4, 0.5) is 0 Å². The maximum absolute atomic E-state index is 6.14. The number of hydrogen-bond acceptors (Lipinski definition) is 2. The van der Waals surface area contributed by atoms with E-state index in [-0.39, 0.29) is 5.41 Å². The number of hydrogen-bond donors (Lipinski definition) is 1. The molecule has 1 saturated carbocycles. The van der Waals surface area contributed by atoms with E-state index in [2.05, 4.69) is 38.1 Å². The molecule has 122 valence electrons. The largest absolute Gasteiger partial charge is 0.488 e. The van der Waals surface area contributed by atoms with Gasteiger partial charge in [-0.25, -0.2) is 0 Å². The van der Waals surface area contributed by atoms with E-state index in [9.17, 15) is 0 Å². The molecule has 0 atom stereocenters. The van der Waals surface area contributed by atoms with Crippen molar-refractivity contribution < 1.29 is 4.74 Å². The lowest BCUT2D eigenvalue weighted by Crippen LogP contribution is -2.32. The molecule has 2 aromatic rings. The molecule has 3 rings (SSSR count). The summed E-state index contributed by atoms with van der Waals surface area (Å²) < 4.78 is 6.11. The van der Waals surface area contributed by atoms with Crippen LogP contribution in [0, 0.1) is 13.8 Å². The van der Waals surface area contributed by atoms with Gasteiger partial charge in [0.25, 0.3) is 0 Å². The smallest absolute Gasteiger partial charge is 0.125 e. The van der Waals surface area contributed by atoms with Crippen LogP contribution in [0.5, 0.6) is 5.75 Å². The Bertz CT molecular complexity index is 634. The van der Waals surface area contributed by atoms with Gasteiger partial charge in [-0.3, -0.25) is 0 Å². The molecule has 0 spiro atoms. The van der Waals surface area contributed by atoms with Crippen molar-refractivity contribution in [3.8, 4) is 5.75 Å². The SMILES string of the molecule is Cc1cc(C2(CN)CCCC2)cc(C)c1OCc1ccccc1. The molecule has 0 heterocycles. The lowest BCUT2D eigenvalue weighted by molar-refractivity contribution is 0.301. The Hall–Kier alpha value is -1.80. The molecular weight excluding hydrogens is 282 g/mol. The van der Waals surface area contributed by atoms with E-state index < -0.39 is 0 Å². The van der Waals surface area contributed by atoms with Crippen molar-refractivity contribution in [2.24, 2.45) is 5.73 Å². The van der Waals surface area contributed by atoms with Gasteiger partial charge >= 0.3 is 0 Å². The van der Waals surface area contributed by atoms with Gasteiger partial charge in [0, 0.05) is 12.0 Å². The van der Waals surface area contributed by atoms with Gasteiger partial charge in [-0.15, -0.1) is 0 Å². The van der Waals surface area contributed by atoms with E-state index in [0.29, 0.717) is 6.61 Å². The molecule has 23 heavy (non-hydrogen) atoms. The summed E-state index contributed by atoms with van der Waals surface area (Å²) >= 11 is 0. The molecule has 1 aliphatic carbocycles. The summed E-state index contributed by atoms with van der Waals surface area (Å²) in [6.45, 7) is 5.66. The van der Waals surface area contributed by atoms with Crippen LogP contribution in [-0.2, 0) is 12.0 Å². The molecule has 0 unspecified atom stereocenters. The Kier molecular flexibility index (Phi) is 4.72. The van der Waals surface area contributed by atoms with E-state index in [1.54, 1.807) is 0 Å². The summed E-state index contributed by atoms with van der Waals surface area (Å²) in [4.78, 5) is 0. The van der Waals surface area contributed by atoms with Crippen molar-refractivity contribution in [3.63, 3.8) is 0 Å². The highest BCUT2D eigenvalue weighted by molar-refractivity contribution is 5.46. The molecular formula is C21H27NO. The summed E-state index contributed by atoms with van der Waals surface area (Å²) in [6.07, 6.45) is 5.02. The third-order valence-corrected chi connectivity index (χ3v) is 5.25. The first-order valence-electron chi connectivity index (χ1n) is 8.63. The van der Waals surface area contributed by atoms with Crippen molar-refractivity contribution in [2.75, 3.05) is 6.54 Å². The highest BCUT2D eigenvalue weighted by Gasteiger charge is 2.34. The van der Waals surface area contributed by atoms with Gasteiger partial charge < -0.3 is 10.5 Å². The van der Waals surface area contributed by atoms with Crippen LogP contribution >= 0.6 is 0 Å². The fourth-order valence-electron chi connectivity index (χ4n) is 3.88. The molecule has 0 bridgehead atoms. The second-order valence-electron chi connectivity index (χ2n) is 6.91. The second-order valence-corrected chi connectivity index (χ2v) is 6.91. The summed E-state index contributed by atoms with van der Waals surface area (Å²) in [5.41, 5.74) is 11.4. The zero-order valence-electron chi connectivity index (χ0n) is 14.3. The standard InChI is InChI=1S/C21H27NO/c1-16-12-19(21(15-22)10-6-7-11-21)13-17(2)20(16)23-14-18-8-4-3-5-9-18/h3-5,8-9,12-13H,6-7,10-11,14-15,22H2,1-2H3. The molecule has 0 radical (unpaired) electrons. The average molecular weight is 309 g/mol. The molecule has 0 aromatic heterocycles. The maximum atomic E-state index is 6.14. The topological polar surface area (TPSA) is 35.2 Å². The molecule has 2 heteroatoms. The zero-order chi connectivity index (χ0) is 16.3. The summed E-state index contributed by atoms with van der Waals surface area (Å²) in [7, 11) is 0. The Labute approximate surface area is 139 Å². The van der Waals surface area contributed by atoms with Crippen LogP contribution in [0.3, 0.4) is 0 Å². The third kappa shape index (κ3) is 3.28.